The van der Waals surface area contributed by atoms with Gasteiger partial charge in [-0.1, -0.05) is 41.9 Å². The van der Waals surface area contributed by atoms with Crippen LogP contribution in [0, 0.1) is 0 Å². The molecule has 10 heteroatoms. The maximum Gasteiger partial charge on any atom is 0.342 e. The summed E-state index contributed by atoms with van der Waals surface area (Å²) < 4.78 is 5.28. The van der Waals surface area contributed by atoms with Crippen molar-refractivity contribution in [1.82, 2.24) is 0 Å². The average Bonchev–Trinajstić information content (AvgIpc) is 2.71. The number of ether oxygens (including phenoxy) is 1. The molecule has 0 radical (unpaired) electrons. The van der Waals surface area contributed by atoms with Crippen LogP contribution in [-0.4, -0.2) is 35.4 Å². The quantitative estimate of drug-likeness (QED) is 0.314. The van der Waals surface area contributed by atoms with Crippen LogP contribution < -0.4 is 16.4 Å². The predicted octanol–water partition coefficient (Wildman–Crippen LogP) is 2.40. The van der Waals surface area contributed by atoms with Crippen molar-refractivity contribution < 1.29 is 29.0 Å². The number of nitrogens with two attached hydrogens (primary N) is 1. The molecule has 0 aromatic heterocycles. The molecule has 0 aliphatic rings. The Labute approximate surface area is 177 Å². The normalized spacial score (nSPS) is 11.2. The first-order chi connectivity index (χ1) is 14.3. The molecule has 30 heavy (non-hydrogen) atoms. The number of halogens is 1. The number of anilines is 2. The zero-order valence-electron chi connectivity index (χ0n) is 15.8. The second kappa shape index (κ2) is 10.8. The molecule has 2 rings (SSSR count). The van der Waals surface area contributed by atoms with Gasteiger partial charge in [-0.2, -0.15) is 0 Å². The van der Waals surface area contributed by atoms with E-state index in [-0.39, 0.29) is 41.4 Å². The van der Waals surface area contributed by atoms with Crippen LogP contribution in [0.25, 0.3) is 0 Å². The van der Waals surface area contributed by atoms with E-state index in [0.29, 0.717) is 6.41 Å². The fraction of sp³-hybridized carbons (Fsp3) is 0.200. The number of nitrogens with one attached hydrogen (secondary N) is 2. The lowest BCUT2D eigenvalue weighted by atomic mass is 10.1. The van der Waals surface area contributed by atoms with Crippen molar-refractivity contribution in [2.45, 2.75) is 25.5 Å². The van der Waals surface area contributed by atoms with Gasteiger partial charge in [0.2, 0.25) is 12.3 Å². The molecule has 0 saturated heterocycles. The number of benzene rings is 2. The van der Waals surface area contributed by atoms with Crippen molar-refractivity contribution in [3.05, 3.63) is 58.6 Å². The Morgan fingerprint density at radius 2 is 1.87 bits per heavy atom. The third-order valence-corrected chi connectivity index (χ3v) is 4.40. The molecule has 0 aliphatic heterocycles. The minimum Gasteiger partial charge on any atom is -0.480 e. The van der Waals surface area contributed by atoms with Crippen LogP contribution in [0.5, 0.6) is 0 Å². The second-order valence-corrected chi connectivity index (χ2v) is 6.62. The summed E-state index contributed by atoms with van der Waals surface area (Å²) in [4.78, 5) is 46.3. The molecule has 0 bridgehead atoms. The maximum absolute atomic E-state index is 12.7. The van der Waals surface area contributed by atoms with Crippen LogP contribution in [0.15, 0.2) is 42.5 Å². The van der Waals surface area contributed by atoms with Crippen LogP contribution in [-0.2, 0) is 25.7 Å². The smallest absolute Gasteiger partial charge is 0.342 e. The van der Waals surface area contributed by atoms with Gasteiger partial charge in [-0.15, -0.1) is 0 Å². The van der Waals surface area contributed by atoms with Gasteiger partial charge >= 0.3 is 11.9 Å². The van der Waals surface area contributed by atoms with Crippen LogP contribution in [0.4, 0.5) is 11.4 Å². The predicted molar refractivity (Wildman–Crippen MR) is 110 cm³/mol. The van der Waals surface area contributed by atoms with Gasteiger partial charge in [0, 0.05) is 6.42 Å². The highest BCUT2D eigenvalue weighted by atomic mass is 35.5. The number of hydrogen-bond acceptors (Lipinski definition) is 6. The zero-order chi connectivity index (χ0) is 22.1. The van der Waals surface area contributed by atoms with Crippen LogP contribution in [0.3, 0.4) is 0 Å². The number of hydrogen-bond donors (Lipinski definition) is 4. The molecule has 0 aliphatic carbocycles. The third-order valence-electron chi connectivity index (χ3n) is 4.08. The summed E-state index contributed by atoms with van der Waals surface area (Å²) in [6, 6.07) is 10.5. The molecule has 9 nitrogen and oxygen atoms in total. The molecule has 0 fully saturated rings. The van der Waals surface area contributed by atoms with E-state index in [1.807, 2.05) is 6.07 Å². The third kappa shape index (κ3) is 6.21. The van der Waals surface area contributed by atoms with Gasteiger partial charge in [0.1, 0.15) is 18.2 Å². The van der Waals surface area contributed by atoms with E-state index in [1.165, 1.54) is 12.1 Å². The van der Waals surface area contributed by atoms with Gasteiger partial charge in [0.25, 0.3) is 0 Å². The molecule has 2 aromatic carbocycles. The molecule has 0 spiro atoms. The summed E-state index contributed by atoms with van der Waals surface area (Å²) in [6.07, 6.45) is 0.0611. The Morgan fingerprint density at radius 3 is 2.47 bits per heavy atom. The highest BCUT2D eigenvalue weighted by Crippen LogP contribution is 2.33. The largest absolute Gasteiger partial charge is 0.480 e. The summed E-state index contributed by atoms with van der Waals surface area (Å²) in [5, 5.41) is 14.4. The molecule has 1 unspecified atom stereocenters. The topological polar surface area (TPSA) is 148 Å². The number of amides is 2. The Kier molecular flexibility index (Phi) is 8.18. The fourth-order valence-electron chi connectivity index (χ4n) is 2.63. The van der Waals surface area contributed by atoms with E-state index in [2.05, 4.69) is 10.6 Å². The minimum atomic E-state index is -1.24. The highest BCUT2D eigenvalue weighted by molar-refractivity contribution is 6.34. The van der Waals surface area contributed by atoms with Crippen LogP contribution in [0.2, 0.25) is 5.02 Å². The van der Waals surface area contributed by atoms with Crippen molar-refractivity contribution in [3.63, 3.8) is 0 Å². The lowest BCUT2D eigenvalue weighted by molar-refractivity contribution is -0.138. The van der Waals surface area contributed by atoms with E-state index in [4.69, 9.17) is 22.1 Å². The standard InChI is InChI=1S/C20H20ClN3O6/c21-13-6-7-14(24-15(19(27)28)8-9-16(22)26)18(23-11-25)17(13)20(29)30-10-12-4-2-1-3-5-12/h1-7,11,15,24H,8-10H2,(H2,22,26)(H,23,25)(H,27,28). The van der Waals surface area contributed by atoms with Crippen molar-refractivity contribution >= 4 is 47.2 Å². The van der Waals surface area contributed by atoms with E-state index >= 15 is 0 Å². The lowest BCUT2D eigenvalue weighted by Crippen LogP contribution is -2.31. The first-order valence-corrected chi connectivity index (χ1v) is 9.22. The number of esters is 1. The number of carbonyl (C=O) groups is 4. The number of carbonyl (C=O) groups excluding carboxylic acids is 3. The van der Waals surface area contributed by atoms with Crippen LogP contribution >= 0.6 is 11.6 Å². The van der Waals surface area contributed by atoms with Crippen molar-refractivity contribution in [2.75, 3.05) is 10.6 Å². The first-order valence-electron chi connectivity index (χ1n) is 8.84. The molecule has 1 atom stereocenters. The van der Waals surface area contributed by atoms with Crippen molar-refractivity contribution in [1.29, 1.82) is 0 Å². The summed E-state index contributed by atoms with van der Waals surface area (Å²) in [6.45, 7) is -0.0233. The molecule has 0 heterocycles. The number of rotatable bonds is 11. The zero-order valence-corrected chi connectivity index (χ0v) is 16.5. The minimum absolute atomic E-state index is 0.00646. The Morgan fingerprint density at radius 1 is 1.17 bits per heavy atom. The fourth-order valence-corrected chi connectivity index (χ4v) is 2.87. The van der Waals surface area contributed by atoms with E-state index in [9.17, 15) is 24.3 Å². The highest BCUT2D eigenvalue weighted by Gasteiger charge is 2.24. The van der Waals surface area contributed by atoms with E-state index < -0.39 is 23.9 Å². The second-order valence-electron chi connectivity index (χ2n) is 6.21. The SMILES string of the molecule is NC(=O)CCC(Nc1ccc(Cl)c(C(=O)OCc2ccccc2)c1NC=O)C(=O)O. The Balaban J connectivity index is 2.31. The molecule has 158 valence electrons. The summed E-state index contributed by atoms with van der Waals surface area (Å²) in [5.41, 5.74) is 5.77. The van der Waals surface area contributed by atoms with Gasteiger partial charge in [0.15, 0.2) is 0 Å². The summed E-state index contributed by atoms with van der Waals surface area (Å²) >= 11 is 6.15. The molecular formula is C20H20ClN3O6. The number of aliphatic carboxylic acids is 1. The van der Waals surface area contributed by atoms with Gasteiger partial charge in [-0.25, -0.2) is 9.59 Å². The molecule has 2 amide bonds. The number of carboxylic acids is 1. The number of primary amides is 1. The lowest BCUT2D eigenvalue weighted by Gasteiger charge is -2.20. The average molecular weight is 434 g/mol. The first kappa shape index (κ1) is 22.7. The van der Waals surface area contributed by atoms with Crippen molar-refractivity contribution in [3.8, 4) is 0 Å². The van der Waals surface area contributed by atoms with Gasteiger partial charge in [0.05, 0.1) is 16.4 Å². The monoisotopic (exact) mass is 433 g/mol. The van der Waals surface area contributed by atoms with Gasteiger partial charge < -0.3 is 26.2 Å². The number of carboxylic acid groups (broad SMARTS) is 1. The molecule has 2 aromatic rings. The molecule has 0 saturated carbocycles. The summed E-state index contributed by atoms with van der Waals surface area (Å²) in [5.74, 6) is -2.70. The van der Waals surface area contributed by atoms with E-state index in [1.54, 1.807) is 24.3 Å². The van der Waals surface area contributed by atoms with Gasteiger partial charge in [-0.05, 0) is 24.1 Å². The van der Waals surface area contributed by atoms with Gasteiger partial charge in [-0.3, -0.25) is 9.59 Å². The van der Waals surface area contributed by atoms with Crippen LogP contribution in [0.1, 0.15) is 28.8 Å². The van der Waals surface area contributed by atoms with Crippen molar-refractivity contribution in [2.24, 2.45) is 5.73 Å². The Bertz CT molecular complexity index is 936. The van der Waals surface area contributed by atoms with E-state index in [0.717, 1.165) is 5.56 Å². The molecule has 5 N–H and O–H groups in total. The Hall–Kier alpha value is -3.59. The maximum atomic E-state index is 12.7. The summed E-state index contributed by atoms with van der Waals surface area (Å²) in [7, 11) is 0. The molecular weight excluding hydrogens is 414 g/mol.